The molecule has 10 heavy (non-hydrogen) atoms. The molecule has 56 valence electrons. The highest BCUT2D eigenvalue weighted by atomic mass is 15.3. The second kappa shape index (κ2) is 2.81. The van der Waals surface area contributed by atoms with E-state index in [0.29, 0.717) is 0 Å². The van der Waals surface area contributed by atoms with Crippen LogP contribution in [0.2, 0.25) is 0 Å². The van der Waals surface area contributed by atoms with Gasteiger partial charge in [0.2, 0.25) is 0 Å². The van der Waals surface area contributed by atoms with E-state index >= 15 is 0 Å². The Kier molecular flexibility index (Phi) is 2.03. The first-order valence-corrected chi connectivity index (χ1v) is 3.18. The van der Waals surface area contributed by atoms with Crippen molar-refractivity contribution in [3.8, 4) is 0 Å². The minimum absolute atomic E-state index is 0.175. The van der Waals surface area contributed by atoms with Gasteiger partial charge in [-0.15, -0.1) is 0 Å². The Morgan fingerprint density at radius 3 is 2.90 bits per heavy atom. The molecular weight excluding hydrogens is 128 g/mol. The largest absolute Gasteiger partial charge is 0.275 e. The molecule has 1 unspecified atom stereocenters. The van der Waals surface area contributed by atoms with E-state index in [4.69, 9.17) is 5.84 Å². The molecule has 1 heterocycles. The summed E-state index contributed by atoms with van der Waals surface area (Å²) in [5.74, 6) is 5.23. The Bertz CT molecular complexity index is 205. The Balaban J connectivity index is 2.74. The van der Waals surface area contributed by atoms with Gasteiger partial charge in [-0.2, -0.15) is 5.10 Å². The summed E-state index contributed by atoms with van der Waals surface area (Å²) in [4.78, 5) is 0. The van der Waals surface area contributed by atoms with Gasteiger partial charge in [-0.05, 0) is 6.92 Å². The van der Waals surface area contributed by atoms with Crippen LogP contribution in [-0.4, -0.2) is 9.78 Å². The first-order chi connectivity index (χ1) is 4.74. The zero-order valence-corrected chi connectivity index (χ0v) is 6.20. The number of nitrogens with one attached hydrogen (secondary N) is 1. The summed E-state index contributed by atoms with van der Waals surface area (Å²) >= 11 is 0. The Labute approximate surface area is 60.0 Å². The van der Waals surface area contributed by atoms with E-state index in [1.807, 2.05) is 20.2 Å². The summed E-state index contributed by atoms with van der Waals surface area (Å²) in [6.45, 7) is 1.98. The molecule has 0 aliphatic carbocycles. The third-order valence-electron chi connectivity index (χ3n) is 1.47. The van der Waals surface area contributed by atoms with Crippen molar-refractivity contribution in [2.45, 2.75) is 13.0 Å². The third kappa shape index (κ3) is 1.34. The molecule has 0 aliphatic heterocycles. The van der Waals surface area contributed by atoms with Crippen molar-refractivity contribution in [3.63, 3.8) is 0 Å². The topological polar surface area (TPSA) is 55.9 Å². The van der Waals surface area contributed by atoms with Gasteiger partial charge in [0, 0.05) is 24.8 Å². The van der Waals surface area contributed by atoms with E-state index in [2.05, 4.69) is 10.5 Å². The van der Waals surface area contributed by atoms with Gasteiger partial charge in [-0.3, -0.25) is 16.0 Å². The molecule has 1 atom stereocenters. The lowest BCUT2D eigenvalue weighted by atomic mass is 10.2. The van der Waals surface area contributed by atoms with Crippen LogP contribution in [0.4, 0.5) is 0 Å². The van der Waals surface area contributed by atoms with Crippen LogP contribution in [0.25, 0.3) is 0 Å². The maximum Gasteiger partial charge on any atom is 0.0537 e. The standard InChI is InChI=1S/C6H12N4/c1-5(9-7)6-3-8-10(2)4-6/h3-5,9H,7H2,1-2H3. The van der Waals surface area contributed by atoms with Crippen LogP contribution in [0.15, 0.2) is 12.4 Å². The molecule has 0 aromatic carbocycles. The van der Waals surface area contributed by atoms with E-state index < -0.39 is 0 Å². The number of nitrogens with zero attached hydrogens (tertiary/aromatic N) is 2. The highest BCUT2D eigenvalue weighted by Crippen LogP contribution is 2.07. The fourth-order valence-electron chi connectivity index (χ4n) is 0.760. The van der Waals surface area contributed by atoms with Crippen molar-refractivity contribution in [2.75, 3.05) is 0 Å². The van der Waals surface area contributed by atoms with Crippen LogP contribution in [0, 0.1) is 0 Å². The van der Waals surface area contributed by atoms with Crippen LogP contribution in [0.3, 0.4) is 0 Å². The lowest BCUT2D eigenvalue weighted by Gasteiger charge is -2.04. The molecule has 1 aromatic rings. The molecular formula is C6H12N4. The molecule has 0 spiro atoms. The van der Waals surface area contributed by atoms with Gasteiger partial charge in [0.05, 0.1) is 6.20 Å². The molecule has 1 aromatic heterocycles. The van der Waals surface area contributed by atoms with Crippen LogP contribution < -0.4 is 11.3 Å². The lowest BCUT2D eigenvalue weighted by Crippen LogP contribution is -2.25. The molecule has 1 rings (SSSR count). The average Bonchev–Trinajstić information content (AvgIpc) is 2.34. The fourth-order valence-corrected chi connectivity index (χ4v) is 0.760. The molecule has 0 aliphatic rings. The third-order valence-corrected chi connectivity index (χ3v) is 1.47. The Hall–Kier alpha value is -0.870. The summed E-state index contributed by atoms with van der Waals surface area (Å²) in [6.07, 6.45) is 3.73. The van der Waals surface area contributed by atoms with Gasteiger partial charge in [-0.25, -0.2) is 0 Å². The van der Waals surface area contributed by atoms with Gasteiger partial charge in [0.15, 0.2) is 0 Å². The maximum absolute atomic E-state index is 5.23. The van der Waals surface area contributed by atoms with Crippen molar-refractivity contribution in [1.82, 2.24) is 15.2 Å². The van der Waals surface area contributed by atoms with E-state index in [9.17, 15) is 0 Å². The summed E-state index contributed by atoms with van der Waals surface area (Å²) < 4.78 is 1.75. The summed E-state index contributed by atoms with van der Waals surface area (Å²) in [5, 5.41) is 4.01. The average molecular weight is 140 g/mol. The quantitative estimate of drug-likeness (QED) is 0.447. The number of nitrogens with two attached hydrogens (primary N) is 1. The molecule has 0 bridgehead atoms. The van der Waals surface area contributed by atoms with Crippen LogP contribution >= 0.6 is 0 Å². The van der Waals surface area contributed by atoms with Crippen molar-refractivity contribution in [1.29, 1.82) is 0 Å². The van der Waals surface area contributed by atoms with Crippen molar-refractivity contribution in [2.24, 2.45) is 12.9 Å². The SMILES string of the molecule is CC(NN)c1cnn(C)c1. The second-order valence-corrected chi connectivity index (χ2v) is 2.34. The normalized spacial score (nSPS) is 13.5. The number of hydrogen-bond donors (Lipinski definition) is 2. The summed E-state index contributed by atoms with van der Waals surface area (Å²) in [6, 6.07) is 0.175. The smallest absolute Gasteiger partial charge is 0.0537 e. The Morgan fingerprint density at radius 1 is 1.80 bits per heavy atom. The highest BCUT2D eigenvalue weighted by Gasteiger charge is 2.02. The van der Waals surface area contributed by atoms with Crippen molar-refractivity contribution >= 4 is 0 Å². The van der Waals surface area contributed by atoms with E-state index in [0.717, 1.165) is 5.56 Å². The van der Waals surface area contributed by atoms with E-state index in [-0.39, 0.29) is 6.04 Å². The number of hydrogen-bond acceptors (Lipinski definition) is 3. The Morgan fingerprint density at radius 2 is 2.50 bits per heavy atom. The lowest BCUT2D eigenvalue weighted by molar-refractivity contribution is 0.601. The number of aromatic nitrogens is 2. The minimum atomic E-state index is 0.175. The molecule has 4 nitrogen and oxygen atoms in total. The fraction of sp³-hybridized carbons (Fsp3) is 0.500. The zero-order valence-electron chi connectivity index (χ0n) is 6.20. The summed E-state index contributed by atoms with van der Waals surface area (Å²) in [5.41, 5.74) is 3.74. The molecule has 3 N–H and O–H groups in total. The van der Waals surface area contributed by atoms with E-state index in [1.54, 1.807) is 10.9 Å². The van der Waals surface area contributed by atoms with Gasteiger partial charge < -0.3 is 0 Å². The van der Waals surface area contributed by atoms with Crippen molar-refractivity contribution in [3.05, 3.63) is 18.0 Å². The predicted octanol–water partition coefficient (Wildman–Crippen LogP) is -0.0556. The molecule has 0 amide bonds. The molecule has 0 fully saturated rings. The minimum Gasteiger partial charge on any atom is -0.275 e. The number of aryl methyl sites for hydroxylation is 1. The monoisotopic (exact) mass is 140 g/mol. The molecule has 0 saturated heterocycles. The molecule has 0 saturated carbocycles. The molecule has 0 radical (unpaired) electrons. The first kappa shape index (κ1) is 7.24. The van der Waals surface area contributed by atoms with Gasteiger partial charge in [0.25, 0.3) is 0 Å². The number of rotatable bonds is 2. The van der Waals surface area contributed by atoms with E-state index in [1.165, 1.54) is 0 Å². The van der Waals surface area contributed by atoms with Gasteiger partial charge >= 0.3 is 0 Å². The first-order valence-electron chi connectivity index (χ1n) is 3.18. The second-order valence-electron chi connectivity index (χ2n) is 2.34. The summed E-state index contributed by atoms with van der Waals surface area (Å²) in [7, 11) is 1.88. The van der Waals surface area contributed by atoms with Crippen LogP contribution in [0.1, 0.15) is 18.5 Å². The van der Waals surface area contributed by atoms with Crippen LogP contribution in [-0.2, 0) is 7.05 Å². The highest BCUT2D eigenvalue weighted by molar-refractivity contribution is 5.08. The predicted molar refractivity (Wildman–Crippen MR) is 38.9 cm³/mol. The van der Waals surface area contributed by atoms with Crippen molar-refractivity contribution < 1.29 is 0 Å². The molecule has 4 heteroatoms. The number of hydrazine groups is 1. The van der Waals surface area contributed by atoms with Gasteiger partial charge in [-0.1, -0.05) is 0 Å². The maximum atomic E-state index is 5.23. The van der Waals surface area contributed by atoms with Gasteiger partial charge in [0.1, 0.15) is 0 Å². The van der Waals surface area contributed by atoms with Crippen LogP contribution in [0.5, 0.6) is 0 Å². The zero-order chi connectivity index (χ0) is 7.56.